The van der Waals surface area contributed by atoms with Crippen molar-refractivity contribution in [2.24, 2.45) is 7.05 Å². The topological polar surface area (TPSA) is 50.1 Å². The number of hydrogen-bond donors (Lipinski definition) is 2. The van der Waals surface area contributed by atoms with Crippen LogP contribution in [0, 0.1) is 0 Å². The van der Waals surface area contributed by atoms with Gasteiger partial charge in [0.1, 0.15) is 0 Å². The van der Waals surface area contributed by atoms with Crippen molar-refractivity contribution in [1.82, 2.24) is 15.1 Å². The van der Waals surface area contributed by atoms with E-state index in [-0.39, 0.29) is 18.7 Å². The summed E-state index contributed by atoms with van der Waals surface area (Å²) in [4.78, 5) is 0. The summed E-state index contributed by atoms with van der Waals surface area (Å²) in [6, 6.07) is 12.0. The number of aryl methyl sites for hydroxylation is 1. The predicted molar refractivity (Wildman–Crippen MR) is 71.0 cm³/mol. The van der Waals surface area contributed by atoms with Crippen LogP contribution in [-0.2, 0) is 7.05 Å². The number of aliphatic hydroxyl groups is 1. The van der Waals surface area contributed by atoms with E-state index in [2.05, 4.69) is 17.3 Å². The molecule has 2 aromatic rings. The molecule has 0 aliphatic heterocycles. The number of rotatable bonds is 5. The van der Waals surface area contributed by atoms with E-state index in [1.807, 2.05) is 48.1 Å². The molecule has 4 nitrogen and oxygen atoms in total. The van der Waals surface area contributed by atoms with Gasteiger partial charge in [0.25, 0.3) is 0 Å². The van der Waals surface area contributed by atoms with Crippen LogP contribution in [0.15, 0.2) is 42.6 Å². The first kappa shape index (κ1) is 12.8. The fourth-order valence-corrected chi connectivity index (χ4v) is 2.14. The quantitative estimate of drug-likeness (QED) is 0.844. The molecule has 0 saturated carbocycles. The highest BCUT2D eigenvalue weighted by Gasteiger charge is 2.16. The third kappa shape index (κ3) is 2.78. The first-order valence-electron chi connectivity index (χ1n) is 6.12. The zero-order valence-electron chi connectivity index (χ0n) is 10.7. The highest BCUT2D eigenvalue weighted by molar-refractivity contribution is 5.19. The SMILES string of the molecule is CC(N[C@H](CO)c1ccccc1)c1ccnn1C. The van der Waals surface area contributed by atoms with Crippen molar-refractivity contribution < 1.29 is 5.11 Å². The Hall–Kier alpha value is -1.65. The minimum atomic E-state index is -0.0592. The first-order valence-corrected chi connectivity index (χ1v) is 6.12. The second kappa shape index (κ2) is 5.80. The Labute approximate surface area is 107 Å². The zero-order chi connectivity index (χ0) is 13.0. The molecule has 0 bridgehead atoms. The van der Waals surface area contributed by atoms with Crippen LogP contribution in [0.4, 0.5) is 0 Å². The number of nitrogens with zero attached hydrogens (tertiary/aromatic N) is 2. The third-order valence-corrected chi connectivity index (χ3v) is 3.14. The average molecular weight is 245 g/mol. The number of hydrogen-bond acceptors (Lipinski definition) is 3. The van der Waals surface area contributed by atoms with Crippen LogP contribution < -0.4 is 5.32 Å². The Morgan fingerprint density at radius 3 is 2.56 bits per heavy atom. The molecule has 0 amide bonds. The third-order valence-electron chi connectivity index (χ3n) is 3.14. The summed E-state index contributed by atoms with van der Waals surface area (Å²) in [5.41, 5.74) is 2.19. The highest BCUT2D eigenvalue weighted by atomic mass is 16.3. The summed E-state index contributed by atoms with van der Waals surface area (Å²) in [6.07, 6.45) is 1.78. The van der Waals surface area contributed by atoms with Gasteiger partial charge in [0, 0.05) is 19.3 Å². The molecule has 1 heterocycles. The Balaban J connectivity index is 2.10. The van der Waals surface area contributed by atoms with Crippen molar-refractivity contribution >= 4 is 0 Å². The molecule has 2 N–H and O–H groups in total. The summed E-state index contributed by atoms with van der Waals surface area (Å²) in [5, 5.41) is 17.1. The fourth-order valence-electron chi connectivity index (χ4n) is 2.14. The molecule has 1 aromatic carbocycles. The molecule has 1 aromatic heterocycles. The molecule has 0 aliphatic rings. The van der Waals surface area contributed by atoms with Crippen LogP contribution in [0.2, 0.25) is 0 Å². The summed E-state index contributed by atoms with van der Waals surface area (Å²) in [7, 11) is 1.92. The van der Waals surface area contributed by atoms with Crippen molar-refractivity contribution in [1.29, 1.82) is 0 Å². The van der Waals surface area contributed by atoms with Crippen LogP contribution in [-0.4, -0.2) is 21.5 Å². The molecular formula is C14H19N3O. The van der Waals surface area contributed by atoms with Gasteiger partial charge in [-0.15, -0.1) is 0 Å². The van der Waals surface area contributed by atoms with Gasteiger partial charge < -0.3 is 5.11 Å². The highest BCUT2D eigenvalue weighted by Crippen LogP contribution is 2.18. The van der Waals surface area contributed by atoms with E-state index < -0.39 is 0 Å². The summed E-state index contributed by atoms with van der Waals surface area (Å²) in [5.74, 6) is 0. The number of aromatic nitrogens is 2. The molecule has 2 rings (SSSR count). The molecule has 4 heteroatoms. The molecule has 0 aliphatic carbocycles. The lowest BCUT2D eigenvalue weighted by atomic mass is 10.1. The van der Waals surface area contributed by atoms with Gasteiger partial charge in [0.15, 0.2) is 0 Å². The minimum absolute atomic E-state index is 0.0592. The maximum absolute atomic E-state index is 9.51. The minimum Gasteiger partial charge on any atom is -0.394 e. The second-order valence-corrected chi connectivity index (χ2v) is 4.41. The second-order valence-electron chi connectivity index (χ2n) is 4.41. The van der Waals surface area contributed by atoms with Crippen LogP contribution in [0.1, 0.15) is 30.3 Å². The molecule has 1 unspecified atom stereocenters. The molecule has 0 fully saturated rings. The summed E-state index contributed by atoms with van der Waals surface area (Å²) >= 11 is 0. The maximum atomic E-state index is 9.51. The van der Waals surface area contributed by atoms with E-state index in [1.54, 1.807) is 6.20 Å². The van der Waals surface area contributed by atoms with Gasteiger partial charge in [0.2, 0.25) is 0 Å². The van der Waals surface area contributed by atoms with Crippen molar-refractivity contribution in [2.45, 2.75) is 19.0 Å². The van der Waals surface area contributed by atoms with Gasteiger partial charge in [-0.2, -0.15) is 5.10 Å². The normalized spacial score (nSPS) is 14.4. The summed E-state index contributed by atoms with van der Waals surface area (Å²) < 4.78 is 1.84. The molecule has 18 heavy (non-hydrogen) atoms. The Morgan fingerprint density at radius 2 is 2.00 bits per heavy atom. The van der Waals surface area contributed by atoms with E-state index in [1.165, 1.54) is 0 Å². The molecule has 0 spiro atoms. The van der Waals surface area contributed by atoms with Crippen molar-refractivity contribution in [2.75, 3.05) is 6.61 Å². The van der Waals surface area contributed by atoms with Crippen molar-refractivity contribution in [3.05, 3.63) is 53.9 Å². The van der Waals surface area contributed by atoms with E-state index in [0.29, 0.717) is 0 Å². The van der Waals surface area contributed by atoms with Gasteiger partial charge in [-0.25, -0.2) is 0 Å². The molecule has 0 radical (unpaired) electrons. The average Bonchev–Trinajstić information content (AvgIpc) is 2.83. The summed E-state index contributed by atoms with van der Waals surface area (Å²) in [6.45, 7) is 2.15. The van der Waals surface area contributed by atoms with Crippen LogP contribution >= 0.6 is 0 Å². The monoisotopic (exact) mass is 245 g/mol. The number of aliphatic hydroxyl groups excluding tert-OH is 1. The van der Waals surface area contributed by atoms with E-state index in [9.17, 15) is 5.11 Å². The molecular weight excluding hydrogens is 226 g/mol. The Kier molecular flexibility index (Phi) is 4.12. The van der Waals surface area contributed by atoms with Crippen LogP contribution in [0.25, 0.3) is 0 Å². The van der Waals surface area contributed by atoms with Crippen LogP contribution in [0.5, 0.6) is 0 Å². The zero-order valence-corrected chi connectivity index (χ0v) is 10.7. The molecule has 2 atom stereocenters. The van der Waals surface area contributed by atoms with Crippen molar-refractivity contribution in [3.63, 3.8) is 0 Å². The molecule has 96 valence electrons. The lowest BCUT2D eigenvalue weighted by molar-refractivity contribution is 0.234. The Bertz CT molecular complexity index is 481. The van der Waals surface area contributed by atoms with Gasteiger partial charge in [0.05, 0.1) is 18.3 Å². The van der Waals surface area contributed by atoms with Crippen molar-refractivity contribution in [3.8, 4) is 0 Å². The van der Waals surface area contributed by atoms with Crippen LogP contribution in [0.3, 0.4) is 0 Å². The van der Waals surface area contributed by atoms with Gasteiger partial charge >= 0.3 is 0 Å². The largest absolute Gasteiger partial charge is 0.394 e. The first-order chi connectivity index (χ1) is 8.72. The number of benzene rings is 1. The lowest BCUT2D eigenvalue weighted by Crippen LogP contribution is -2.28. The van der Waals surface area contributed by atoms with Gasteiger partial charge in [-0.05, 0) is 18.6 Å². The molecule has 0 saturated heterocycles. The standard InChI is InChI=1S/C14H19N3O/c1-11(14-8-9-15-17(14)2)16-13(10-18)12-6-4-3-5-7-12/h3-9,11,13,16,18H,10H2,1-2H3/t11?,13-/m1/s1. The van der Waals surface area contributed by atoms with E-state index >= 15 is 0 Å². The predicted octanol–water partition coefficient (Wildman–Crippen LogP) is 1.80. The Morgan fingerprint density at radius 1 is 1.28 bits per heavy atom. The van der Waals surface area contributed by atoms with E-state index in [4.69, 9.17) is 0 Å². The lowest BCUT2D eigenvalue weighted by Gasteiger charge is -2.22. The van der Waals surface area contributed by atoms with Gasteiger partial charge in [-0.1, -0.05) is 30.3 Å². The smallest absolute Gasteiger partial charge is 0.0626 e. The number of nitrogens with one attached hydrogen (secondary N) is 1. The fraction of sp³-hybridized carbons (Fsp3) is 0.357. The van der Waals surface area contributed by atoms with Gasteiger partial charge in [-0.3, -0.25) is 10.00 Å². The van der Waals surface area contributed by atoms with E-state index in [0.717, 1.165) is 11.3 Å². The maximum Gasteiger partial charge on any atom is 0.0626 e.